The number of hydrogen-bond donors (Lipinski definition) is 1. The van der Waals surface area contributed by atoms with Gasteiger partial charge in [-0.15, -0.1) is 0 Å². The predicted octanol–water partition coefficient (Wildman–Crippen LogP) is 6.61. The molecule has 160 valence electrons. The first-order valence-corrected chi connectivity index (χ1v) is 10.5. The highest BCUT2D eigenvalue weighted by atomic mass is 79.9. The lowest BCUT2D eigenvalue weighted by molar-refractivity contribution is -0.137. The molecule has 0 bridgehead atoms. The Balaban J connectivity index is 1.71. The van der Waals surface area contributed by atoms with E-state index in [0.29, 0.717) is 11.3 Å². The Morgan fingerprint density at radius 1 is 0.938 bits per heavy atom. The van der Waals surface area contributed by atoms with Gasteiger partial charge in [0, 0.05) is 21.3 Å². The van der Waals surface area contributed by atoms with Crippen LogP contribution in [0.1, 0.15) is 33.2 Å². The second-order valence-electron chi connectivity index (χ2n) is 7.40. The van der Waals surface area contributed by atoms with Crippen LogP contribution in [0.15, 0.2) is 83.3 Å². The monoisotopic (exact) mass is 497 g/mol. The maximum absolute atomic E-state index is 13.4. The Bertz CT molecular complexity index is 1300. The molecule has 32 heavy (non-hydrogen) atoms. The minimum absolute atomic E-state index is 0.168. The van der Waals surface area contributed by atoms with Gasteiger partial charge in [-0.2, -0.15) is 18.3 Å². The first-order valence-electron chi connectivity index (χ1n) is 9.74. The highest BCUT2D eigenvalue weighted by Crippen LogP contribution is 2.46. The number of anilines is 1. The van der Waals surface area contributed by atoms with E-state index in [9.17, 15) is 18.0 Å². The Kier molecular flexibility index (Phi) is 4.89. The fraction of sp³-hybridized carbons (Fsp3) is 0.0833. The average molecular weight is 498 g/mol. The van der Waals surface area contributed by atoms with Crippen LogP contribution in [0.4, 0.5) is 18.9 Å². The van der Waals surface area contributed by atoms with E-state index in [-0.39, 0.29) is 11.4 Å². The van der Waals surface area contributed by atoms with Crippen molar-refractivity contribution in [3.05, 3.63) is 106 Å². The number of rotatable bonds is 3. The molecule has 0 fully saturated rings. The number of aromatic nitrogens is 2. The molecule has 1 aromatic heterocycles. The Morgan fingerprint density at radius 2 is 1.66 bits per heavy atom. The Morgan fingerprint density at radius 3 is 2.34 bits per heavy atom. The number of aromatic amines is 1. The Labute approximate surface area is 189 Å². The lowest BCUT2D eigenvalue weighted by atomic mass is 9.96. The van der Waals surface area contributed by atoms with E-state index in [1.807, 2.05) is 54.6 Å². The minimum Gasteiger partial charge on any atom is -0.295 e. The van der Waals surface area contributed by atoms with Gasteiger partial charge in [0.05, 0.1) is 17.3 Å². The number of benzene rings is 3. The van der Waals surface area contributed by atoms with E-state index in [4.69, 9.17) is 0 Å². The number of halogens is 4. The lowest BCUT2D eigenvalue weighted by Gasteiger charge is -2.27. The number of hydrogen-bond acceptors (Lipinski definition) is 2. The number of H-pyrrole nitrogens is 1. The summed E-state index contributed by atoms with van der Waals surface area (Å²) < 4.78 is 41.0. The molecule has 1 aliphatic heterocycles. The smallest absolute Gasteiger partial charge is 0.295 e. The summed E-state index contributed by atoms with van der Waals surface area (Å²) in [5.41, 5.74) is 2.43. The summed E-state index contributed by atoms with van der Waals surface area (Å²) in [5.74, 6) is -0.429. The Hall–Kier alpha value is -3.39. The third-order valence-electron chi connectivity index (χ3n) is 5.45. The molecule has 0 radical (unpaired) electrons. The molecule has 4 aromatic rings. The van der Waals surface area contributed by atoms with E-state index in [1.165, 1.54) is 17.0 Å². The molecule has 1 unspecified atom stereocenters. The molecule has 1 amide bonds. The van der Waals surface area contributed by atoms with Crippen molar-refractivity contribution in [2.45, 2.75) is 12.2 Å². The molecule has 0 saturated heterocycles. The van der Waals surface area contributed by atoms with Crippen LogP contribution in [0, 0.1) is 0 Å². The van der Waals surface area contributed by atoms with Gasteiger partial charge in [-0.1, -0.05) is 64.5 Å². The molecule has 1 N–H and O–H groups in total. The number of nitrogens with zero attached hydrogens (tertiary/aromatic N) is 2. The molecule has 2 heterocycles. The van der Waals surface area contributed by atoms with E-state index in [2.05, 4.69) is 26.1 Å². The summed E-state index contributed by atoms with van der Waals surface area (Å²) in [6, 6.07) is 20.9. The number of fused-ring (bicyclic) bond motifs is 1. The van der Waals surface area contributed by atoms with Crippen LogP contribution in [0.25, 0.3) is 11.3 Å². The van der Waals surface area contributed by atoms with Gasteiger partial charge in [0.2, 0.25) is 0 Å². The highest BCUT2D eigenvalue weighted by Gasteiger charge is 2.43. The zero-order valence-corrected chi connectivity index (χ0v) is 18.0. The summed E-state index contributed by atoms with van der Waals surface area (Å²) in [6.07, 6.45) is -4.52. The third kappa shape index (κ3) is 3.40. The second kappa shape index (κ2) is 7.63. The normalized spacial score (nSPS) is 15.8. The van der Waals surface area contributed by atoms with Gasteiger partial charge in [-0.05, 0) is 35.9 Å². The summed E-state index contributed by atoms with van der Waals surface area (Å²) in [6.45, 7) is 0. The van der Waals surface area contributed by atoms with Crippen LogP contribution >= 0.6 is 15.9 Å². The van der Waals surface area contributed by atoms with E-state index in [1.54, 1.807) is 0 Å². The third-order valence-corrected chi connectivity index (χ3v) is 5.98. The second-order valence-corrected chi connectivity index (χ2v) is 8.32. The van der Waals surface area contributed by atoms with E-state index in [0.717, 1.165) is 27.7 Å². The van der Waals surface area contributed by atoms with Gasteiger partial charge in [-0.25, -0.2) is 0 Å². The van der Waals surface area contributed by atoms with Crippen LogP contribution in [-0.2, 0) is 6.18 Å². The summed E-state index contributed by atoms with van der Waals surface area (Å²) >= 11 is 3.41. The van der Waals surface area contributed by atoms with Crippen molar-refractivity contribution in [1.82, 2.24) is 10.2 Å². The standard InChI is InChI=1S/C24H15BrF3N3O/c25-17-11-9-15(10-12-17)22-19-20(14-5-2-1-3-6-14)29-30-21(19)23(32)31(22)18-8-4-7-16(13-18)24(26,27)28/h1-13,22H,(H,29,30). The van der Waals surface area contributed by atoms with Gasteiger partial charge >= 0.3 is 6.18 Å². The molecule has 1 aliphatic rings. The number of alkyl halides is 3. The van der Waals surface area contributed by atoms with Crippen molar-refractivity contribution in [2.24, 2.45) is 0 Å². The van der Waals surface area contributed by atoms with E-state index < -0.39 is 23.7 Å². The first-order chi connectivity index (χ1) is 15.3. The van der Waals surface area contributed by atoms with Crippen molar-refractivity contribution in [3.63, 3.8) is 0 Å². The van der Waals surface area contributed by atoms with Gasteiger partial charge in [0.1, 0.15) is 5.69 Å². The largest absolute Gasteiger partial charge is 0.416 e. The number of nitrogens with one attached hydrogen (secondary N) is 1. The van der Waals surface area contributed by atoms with Crippen LogP contribution in [0.2, 0.25) is 0 Å². The lowest BCUT2D eigenvalue weighted by Crippen LogP contribution is -2.29. The van der Waals surface area contributed by atoms with Crippen LogP contribution < -0.4 is 4.90 Å². The molecule has 4 nitrogen and oxygen atoms in total. The molecule has 1 atom stereocenters. The highest BCUT2D eigenvalue weighted by molar-refractivity contribution is 9.10. The number of carbonyl (C=O) groups excluding carboxylic acids is 1. The van der Waals surface area contributed by atoms with Crippen LogP contribution in [0.5, 0.6) is 0 Å². The molecule has 0 saturated carbocycles. The fourth-order valence-electron chi connectivity index (χ4n) is 4.02. The van der Waals surface area contributed by atoms with Gasteiger partial charge in [-0.3, -0.25) is 14.8 Å². The van der Waals surface area contributed by atoms with Crippen molar-refractivity contribution in [3.8, 4) is 11.3 Å². The number of amides is 1. The SMILES string of the molecule is O=C1c2[nH]nc(-c3ccccc3)c2C(c2ccc(Br)cc2)N1c1cccc(C(F)(F)F)c1. The fourth-order valence-corrected chi connectivity index (χ4v) is 4.29. The molecule has 0 aliphatic carbocycles. The van der Waals surface area contributed by atoms with Crippen molar-refractivity contribution >= 4 is 27.5 Å². The zero-order valence-electron chi connectivity index (χ0n) is 16.4. The summed E-state index contributed by atoms with van der Waals surface area (Å²) in [7, 11) is 0. The maximum Gasteiger partial charge on any atom is 0.416 e. The molecule has 5 rings (SSSR count). The van der Waals surface area contributed by atoms with Gasteiger partial charge in [0.25, 0.3) is 5.91 Å². The minimum atomic E-state index is -4.52. The van der Waals surface area contributed by atoms with Crippen molar-refractivity contribution in [1.29, 1.82) is 0 Å². The van der Waals surface area contributed by atoms with Gasteiger partial charge < -0.3 is 0 Å². The zero-order chi connectivity index (χ0) is 22.5. The topological polar surface area (TPSA) is 49.0 Å². The van der Waals surface area contributed by atoms with Gasteiger partial charge in [0.15, 0.2) is 0 Å². The van der Waals surface area contributed by atoms with Crippen LogP contribution in [0.3, 0.4) is 0 Å². The molecular weight excluding hydrogens is 483 g/mol. The quantitative estimate of drug-likeness (QED) is 0.346. The summed E-state index contributed by atoms with van der Waals surface area (Å²) in [4.78, 5) is 14.8. The average Bonchev–Trinajstić information content (AvgIpc) is 3.34. The predicted molar refractivity (Wildman–Crippen MR) is 118 cm³/mol. The first kappa shape index (κ1) is 20.5. The van der Waals surface area contributed by atoms with E-state index >= 15 is 0 Å². The molecule has 8 heteroatoms. The van der Waals surface area contributed by atoms with Crippen LogP contribution in [-0.4, -0.2) is 16.1 Å². The molecule has 3 aromatic carbocycles. The van der Waals surface area contributed by atoms with Crippen molar-refractivity contribution < 1.29 is 18.0 Å². The maximum atomic E-state index is 13.4. The number of carbonyl (C=O) groups is 1. The molecule has 0 spiro atoms. The summed E-state index contributed by atoms with van der Waals surface area (Å²) in [5, 5.41) is 7.19. The van der Waals surface area contributed by atoms with Crippen molar-refractivity contribution in [2.75, 3.05) is 4.90 Å². The molecular formula is C24H15BrF3N3O.